The first-order valence-corrected chi connectivity index (χ1v) is 6.90. The molecule has 2 N–H and O–H groups in total. The number of benzene rings is 1. The van der Waals surface area contributed by atoms with Crippen molar-refractivity contribution in [2.45, 2.75) is 32.0 Å². The van der Waals surface area contributed by atoms with Crippen molar-refractivity contribution >= 4 is 0 Å². The van der Waals surface area contributed by atoms with Crippen LogP contribution >= 0.6 is 0 Å². The molecule has 108 valence electrons. The molecule has 0 radical (unpaired) electrons. The zero-order valence-electron chi connectivity index (χ0n) is 12.0. The highest BCUT2D eigenvalue weighted by Crippen LogP contribution is 2.20. The van der Waals surface area contributed by atoms with Gasteiger partial charge >= 0.3 is 0 Å². The van der Waals surface area contributed by atoms with Crippen LogP contribution in [-0.4, -0.2) is 37.2 Å². The Morgan fingerprint density at radius 1 is 1.45 bits per heavy atom. The minimum absolute atomic E-state index is 0.227. The molecule has 20 heavy (non-hydrogen) atoms. The molecule has 2 atom stereocenters. The van der Waals surface area contributed by atoms with Crippen molar-refractivity contribution in [2.24, 2.45) is 5.73 Å². The summed E-state index contributed by atoms with van der Waals surface area (Å²) in [6.07, 6.45) is 1.25. The Hall–Kier alpha value is -1.41. The van der Waals surface area contributed by atoms with Crippen LogP contribution < -0.4 is 5.73 Å². The van der Waals surface area contributed by atoms with Gasteiger partial charge in [-0.2, -0.15) is 0 Å². The zero-order chi connectivity index (χ0) is 14.5. The van der Waals surface area contributed by atoms with Gasteiger partial charge in [0.25, 0.3) is 0 Å². The van der Waals surface area contributed by atoms with Crippen LogP contribution in [0.4, 0.5) is 4.39 Å². The van der Waals surface area contributed by atoms with E-state index in [1.54, 1.807) is 6.07 Å². The quantitative estimate of drug-likeness (QED) is 0.855. The van der Waals surface area contributed by atoms with Crippen molar-refractivity contribution in [3.8, 4) is 11.8 Å². The van der Waals surface area contributed by atoms with Crippen molar-refractivity contribution in [3.63, 3.8) is 0 Å². The minimum atomic E-state index is -0.257. The van der Waals surface area contributed by atoms with Gasteiger partial charge in [-0.25, -0.2) is 4.39 Å². The molecule has 0 aliphatic carbocycles. The van der Waals surface area contributed by atoms with Crippen LogP contribution in [0.1, 0.15) is 24.5 Å². The van der Waals surface area contributed by atoms with Gasteiger partial charge < -0.3 is 10.5 Å². The SMILES string of the molecule is CC1OCCC1N(C)Cc1cc(F)cc(C#CCN)c1. The highest BCUT2D eigenvalue weighted by atomic mass is 19.1. The van der Waals surface area contributed by atoms with Gasteiger partial charge in [0.05, 0.1) is 12.6 Å². The molecule has 0 saturated carbocycles. The van der Waals surface area contributed by atoms with Crippen molar-refractivity contribution in [2.75, 3.05) is 20.2 Å². The van der Waals surface area contributed by atoms with E-state index in [4.69, 9.17) is 10.5 Å². The summed E-state index contributed by atoms with van der Waals surface area (Å²) >= 11 is 0. The maximum absolute atomic E-state index is 13.6. The number of hydrogen-bond acceptors (Lipinski definition) is 3. The van der Waals surface area contributed by atoms with Crippen LogP contribution in [0.25, 0.3) is 0 Å². The molecule has 1 aliphatic rings. The lowest BCUT2D eigenvalue weighted by Gasteiger charge is -2.26. The van der Waals surface area contributed by atoms with Crippen molar-refractivity contribution in [1.82, 2.24) is 4.90 Å². The number of halogens is 1. The third kappa shape index (κ3) is 3.80. The Kier molecular flexibility index (Phi) is 5.13. The molecule has 1 saturated heterocycles. The van der Waals surface area contributed by atoms with Crippen LogP contribution in [0.2, 0.25) is 0 Å². The first kappa shape index (κ1) is 15.0. The standard InChI is InChI=1S/C16H21FN2O/c1-12-16(5-7-20-12)19(2)11-14-8-13(4-3-6-18)9-15(17)10-14/h8-10,12,16H,5-7,11,18H2,1-2H3. The summed E-state index contributed by atoms with van der Waals surface area (Å²) in [5.41, 5.74) is 6.94. The number of hydrogen-bond donors (Lipinski definition) is 1. The topological polar surface area (TPSA) is 38.5 Å². The lowest BCUT2D eigenvalue weighted by molar-refractivity contribution is 0.0814. The number of ether oxygens (including phenoxy) is 1. The first-order valence-electron chi connectivity index (χ1n) is 6.90. The summed E-state index contributed by atoms with van der Waals surface area (Å²) in [7, 11) is 2.05. The van der Waals surface area contributed by atoms with Crippen LogP contribution in [0, 0.1) is 17.7 Å². The molecule has 3 nitrogen and oxygen atoms in total. The molecule has 1 heterocycles. The monoisotopic (exact) mass is 276 g/mol. The van der Waals surface area contributed by atoms with Crippen LogP contribution in [-0.2, 0) is 11.3 Å². The summed E-state index contributed by atoms with van der Waals surface area (Å²) < 4.78 is 19.2. The molecule has 1 aromatic rings. The summed E-state index contributed by atoms with van der Waals surface area (Å²) in [6.45, 7) is 3.85. The van der Waals surface area contributed by atoms with Crippen LogP contribution in [0.5, 0.6) is 0 Å². The largest absolute Gasteiger partial charge is 0.377 e. The summed E-state index contributed by atoms with van der Waals surface area (Å²) in [5.74, 6) is 5.37. The van der Waals surface area contributed by atoms with Gasteiger partial charge in [-0.05, 0) is 44.2 Å². The third-order valence-electron chi connectivity index (χ3n) is 3.63. The average molecular weight is 276 g/mol. The van der Waals surface area contributed by atoms with E-state index in [1.165, 1.54) is 6.07 Å². The number of nitrogens with two attached hydrogens (primary N) is 1. The number of nitrogens with zero attached hydrogens (tertiary/aromatic N) is 1. The molecule has 0 bridgehead atoms. The van der Waals surface area contributed by atoms with Crippen LogP contribution in [0.15, 0.2) is 18.2 Å². The molecule has 2 rings (SSSR count). The van der Waals surface area contributed by atoms with Gasteiger partial charge in [-0.15, -0.1) is 0 Å². The smallest absolute Gasteiger partial charge is 0.124 e. The minimum Gasteiger partial charge on any atom is -0.377 e. The Morgan fingerprint density at radius 2 is 2.25 bits per heavy atom. The Labute approximate surface area is 119 Å². The molecule has 1 aromatic carbocycles. The molecule has 0 aromatic heterocycles. The van der Waals surface area contributed by atoms with E-state index in [9.17, 15) is 4.39 Å². The fourth-order valence-corrected chi connectivity index (χ4v) is 2.67. The highest BCUT2D eigenvalue weighted by molar-refractivity contribution is 5.38. The molecule has 4 heteroatoms. The maximum Gasteiger partial charge on any atom is 0.124 e. The molecule has 2 unspecified atom stereocenters. The fourth-order valence-electron chi connectivity index (χ4n) is 2.67. The molecule has 0 amide bonds. The second-order valence-electron chi connectivity index (χ2n) is 5.20. The predicted octanol–water partition coefficient (Wildman–Crippen LogP) is 1.75. The van der Waals surface area contributed by atoms with E-state index >= 15 is 0 Å². The Bertz CT molecular complexity index is 521. The van der Waals surface area contributed by atoms with E-state index in [1.807, 2.05) is 13.1 Å². The average Bonchev–Trinajstić information content (AvgIpc) is 2.82. The van der Waals surface area contributed by atoms with E-state index in [0.717, 1.165) is 18.6 Å². The van der Waals surface area contributed by atoms with E-state index in [0.29, 0.717) is 18.2 Å². The molecule has 0 spiro atoms. The molecular formula is C16H21FN2O. The zero-order valence-corrected chi connectivity index (χ0v) is 12.0. The van der Waals surface area contributed by atoms with Crippen molar-refractivity contribution in [3.05, 3.63) is 35.1 Å². The fraction of sp³-hybridized carbons (Fsp3) is 0.500. The van der Waals surface area contributed by atoms with Crippen molar-refractivity contribution in [1.29, 1.82) is 0 Å². The second-order valence-corrected chi connectivity index (χ2v) is 5.20. The van der Waals surface area contributed by atoms with E-state index in [2.05, 4.69) is 23.7 Å². The maximum atomic E-state index is 13.6. The van der Waals surface area contributed by atoms with Crippen molar-refractivity contribution < 1.29 is 9.13 Å². The first-order chi connectivity index (χ1) is 9.60. The molecular weight excluding hydrogens is 255 g/mol. The molecule has 1 fully saturated rings. The second kappa shape index (κ2) is 6.85. The van der Waals surface area contributed by atoms with Gasteiger partial charge in [0, 0.05) is 24.8 Å². The van der Waals surface area contributed by atoms with Crippen LogP contribution in [0.3, 0.4) is 0 Å². The van der Waals surface area contributed by atoms with Gasteiger partial charge in [0.15, 0.2) is 0 Å². The lowest BCUT2D eigenvalue weighted by atomic mass is 10.1. The summed E-state index contributed by atoms with van der Waals surface area (Å²) in [6, 6.07) is 5.30. The highest BCUT2D eigenvalue weighted by Gasteiger charge is 2.27. The lowest BCUT2D eigenvalue weighted by Crippen LogP contribution is -2.36. The van der Waals surface area contributed by atoms with Gasteiger partial charge in [0.2, 0.25) is 0 Å². The summed E-state index contributed by atoms with van der Waals surface area (Å²) in [4.78, 5) is 2.21. The van der Waals surface area contributed by atoms with Gasteiger partial charge in [-0.3, -0.25) is 4.90 Å². The predicted molar refractivity (Wildman–Crippen MR) is 77.6 cm³/mol. The molecule has 1 aliphatic heterocycles. The number of likely N-dealkylation sites (N-methyl/N-ethyl adjacent to an activating group) is 1. The Balaban J connectivity index is 2.10. The normalized spacial score (nSPS) is 21.9. The van der Waals surface area contributed by atoms with Gasteiger partial charge in [-0.1, -0.05) is 11.8 Å². The third-order valence-corrected chi connectivity index (χ3v) is 3.63. The Morgan fingerprint density at radius 3 is 2.90 bits per heavy atom. The number of rotatable bonds is 3. The summed E-state index contributed by atoms with van der Waals surface area (Å²) in [5, 5.41) is 0. The van der Waals surface area contributed by atoms with E-state index in [-0.39, 0.29) is 18.5 Å². The van der Waals surface area contributed by atoms with E-state index < -0.39 is 0 Å². The van der Waals surface area contributed by atoms with Gasteiger partial charge in [0.1, 0.15) is 5.82 Å².